The molecule has 0 unspecified atom stereocenters. The van der Waals surface area contributed by atoms with Crippen LogP contribution in [0.15, 0.2) is 67.4 Å². The smallest absolute Gasteiger partial charge is 0.476 e. The minimum absolute atomic E-state index is 0.117. The molecule has 0 aliphatic heterocycles. The zero-order valence-corrected chi connectivity index (χ0v) is 26.2. The largest absolute Gasteiger partial charge is 0.481 e. The Balaban J connectivity index is 1.73. The summed E-state index contributed by atoms with van der Waals surface area (Å²) in [5.41, 5.74) is 4.48. The van der Waals surface area contributed by atoms with E-state index in [1.54, 1.807) is 68.3 Å². The van der Waals surface area contributed by atoms with Gasteiger partial charge in [0.15, 0.2) is 0 Å². The summed E-state index contributed by atoms with van der Waals surface area (Å²) in [6, 6.07) is 7.58. The van der Waals surface area contributed by atoms with E-state index in [4.69, 9.17) is 23.3 Å². The molecule has 4 aromatic rings. The van der Waals surface area contributed by atoms with E-state index in [1.807, 2.05) is 55.5 Å². The number of phosphoric acid groups is 1. The average Bonchev–Trinajstić information content (AvgIpc) is 3.38. The summed E-state index contributed by atoms with van der Waals surface area (Å²) in [7, 11) is 3.39. The van der Waals surface area contributed by atoms with Crippen molar-refractivity contribution in [3.8, 4) is 28.1 Å². The SMILES string of the molecule is CCOP(=O)(OCC)OCn1cc(-c2ccnc(OC)c2)c2cc(-c3cncc(N(C)C(=O)C=CCN(C)C)c3)cnc21. The Morgan fingerprint density at radius 1 is 0.977 bits per heavy atom. The zero-order valence-electron chi connectivity index (χ0n) is 25.3. The second kappa shape index (κ2) is 14.5. The summed E-state index contributed by atoms with van der Waals surface area (Å²) in [6.07, 6.45) is 12.0. The Hall–Kier alpha value is -3.93. The van der Waals surface area contributed by atoms with Crippen molar-refractivity contribution < 1.29 is 27.7 Å². The van der Waals surface area contributed by atoms with Gasteiger partial charge >= 0.3 is 7.82 Å². The lowest BCUT2D eigenvalue weighted by Crippen LogP contribution is -2.24. The van der Waals surface area contributed by atoms with Gasteiger partial charge in [-0.1, -0.05) is 6.08 Å². The Labute approximate surface area is 251 Å². The van der Waals surface area contributed by atoms with E-state index in [2.05, 4.69) is 9.97 Å². The van der Waals surface area contributed by atoms with Gasteiger partial charge < -0.3 is 19.1 Å². The van der Waals surface area contributed by atoms with Gasteiger partial charge in [0.05, 0.1) is 32.2 Å². The van der Waals surface area contributed by atoms with Crippen molar-refractivity contribution in [2.24, 2.45) is 0 Å². The Bertz CT molecular complexity index is 1630. The first-order valence-corrected chi connectivity index (χ1v) is 15.2. The molecular weight excluding hydrogens is 571 g/mol. The molecular formula is C30H37N6O6P. The summed E-state index contributed by atoms with van der Waals surface area (Å²) in [5.74, 6) is 0.303. The monoisotopic (exact) mass is 608 g/mol. The molecule has 43 heavy (non-hydrogen) atoms. The van der Waals surface area contributed by atoms with Crippen LogP contribution < -0.4 is 9.64 Å². The molecule has 0 spiro atoms. The highest BCUT2D eigenvalue weighted by Crippen LogP contribution is 2.49. The average molecular weight is 609 g/mol. The van der Waals surface area contributed by atoms with Gasteiger partial charge in [-0.3, -0.25) is 23.3 Å². The predicted octanol–water partition coefficient (Wildman–Crippen LogP) is 5.40. The number of amides is 1. The quantitative estimate of drug-likeness (QED) is 0.136. The third-order valence-electron chi connectivity index (χ3n) is 6.40. The fourth-order valence-electron chi connectivity index (χ4n) is 4.28. The Kier molecular flexibility index (Phi) is 10.8. The van der Waals surface area contributed by atoms with Crippen LogP contribution >= 0.6 is 7.82 Å². The first-order chi connectivity index (χ1) is 20.7. The number of ether oxygens (including phenoxy) is 1. The van der Waals surface area contributed by atoms with Crippen LogP contribution in [0.1, 0.15) is 13.8 Å². The maximum atomic E-state index is 13.0. The molecule has 1 amide bonds. The van der Waals surface area contributed by atoms with Gasteiger partial charge in [-0.05, 0) is 51.7 Å². The van der Waals surface area contributed by atoms with Crippen molar-refractivity contribution in [2.75, 3.05) is 52.9 Å². The summed E-state index contributed by atoms with van der Waals surface area (Å²) in [4.78, 5) is 29.6. The number of methoxy groups -OCH3 is 1. The molecule has 4 aromatic heterocycles. The number of carbonyl (C=O) groups is 1. The number of fused-ring (bicyclic) bond motifs is 1. The molecule has 0 fully saturated rings. The van der Waals surface area contributed by atoms with Gasteiger partial charge in [0, 0.05) is 72.6 Å². The van der Waals surface area contributed by atoms with Gasteiger partial charge in [0.2, 0.25) is 11.8 Å². The topological polar surface area (TPSA) is 121 Å². The third-order valence-corrected chi connectivity index (χ3v) is 7.98. The summed E-state index contributed by atoms with van der Waals surface area (Å²) < 4.78 is 36.3. The van der Waals surface area contributed by atoms with E-state index in [0.717, 1.165) is 27.6 Å². The minimum atomic E-state index is -3.76. The molecule has 0 saturated heterocycles. The van der Waals surface area contributed by atoms with E-state index in [1.165, 1.54) is 0 Å². The number of aromatic nitrogens is 4. The zero-order chi connectivity index (χ0) is 31.0. The Morgan fingerprint density at radius 2 is 1.72 bits per heavy atom. The summed E-state index contributed by atoms with van der Waals surface area (Å²) >= 11 is 0. The molecule has 0 aromatic carbocycles. The second-order valence-corrected chi connectivity index (χ2v) is 11.4. The first kappa shape index (κ1) is 32.0. The first-order valence-electron chi connectivity index (χ1n) is 13.7. The third kappa shape index (κ3) is 7.92. The Morgan fingerprint density at radius 3 is 2.42 bits per heavy atom. The van der Waals surface area contributed by atoms with Crippen LogP contribution in [0, 0.1) is 0 Å². The molecule has 0 aliphatic carbocycles. The number of carbonyl (C=O) groups excluding carboxylic acids is 1. The lowest BCUT2D eigenvalue weighted by Gasteiger charge is -2.17. The number of hydrogen-bond donors (Lipinski definition) is 0. The summed E-state index contributed by atoms with van der Waals surface area (Å²) in [6.45, 7) is 4.33. The van der Waals surface area contributed by atoms with Gasteiger partial charge in [0.25, 0.3) is 0 Å². The van der Waals surface area contributed by atoms with Gasteiger partial charge in [-0.15, -0.1) is 0 Å². The van der Waals surface area contributed by atoms with Crippen molar-refractivity contribution in [1.29, 1.82) is 0 Å². The number of likely N-dealkylation sites (N-methyl/N-ethyl adjacent to an activating group) is 2. The second-order valence-electron chi connectivity index (χ2n) is 9.73. The lowest BCUT2D eigenvalue weighted by molar-refractivity contribution is -0.113. The van der Waals surface area contributed by atoms with E-state index in [9.17, 15) is 9.36 Å². The fraction of sp³-hybridized carbons (Fsp3) is 0.333. The summed E-state index contributed by atoms with van der Waals surface area (Å²) in [5, 5.41) is 0.804. The van der Waals surface area contributed by atoms with E-state index >= 15 is 0 Å². The molecule has 0 saturated carbocycles. The minimum Gasteiger partial charge on any atom is -0.481 e. The van der Waals surface area contributed by atoms with E-state index < -0.39 is 7.82 Å². The van der Waals surface area contributed by atoms with Crippen LogP contribution in [-0.4, -0.2) is 78.3 Å². The van der Waals surface area contributed by atoms with Crippen molar-refractivity contribution in [3.63, 3.8) is 0 Å². The highest BCUT2D eigenvalue weighted by atomic mass is 31.2. The molecule has 0 N–H and O–H groups in total. The maximum Gasteiger partial charge on any atom is 0.476 e. The number of rotatable bonds is 14. The lowest BCUT2D eigenvalue weighted by atomic mass is 10.0. The number of hydrogen-bond acceptors (Lipinski definition) is 10. The van der Waals surface area contributed by atoms with E-state index in [-0.39, 0.29) is 25.9 Å². The van der Waals surface area contributed by atoms with Crippen molar-refractivity contribution >= 4 is 30.5 Å². The highest BCUT2D eigenvalue weighted by Gasteiger charge is 2.26. The van der Waals surface area contributed by atoms with Crippen molar-refractivity contribution in [1.82, 2.24) is 24.4 Å². The molecule has 12 nitrogen and oxygen atoms in total. The van der Waals surface area contributed by atoms with Crippen LogP contribution in [0.3, 0.4) is 0 Å². The van der Waals surface area contributed by atoms with Crippen LogP contribution in [0.2, 0.25) is 0 Å². The van der Waals surface area contributed by atoms with Crippen LogP contribution in [0.25, 0.3) is 33.3 Å². The number of phosphoric ester groups is 1. The molecule has 0 radical (unpaired) electrons. The number of anilines is 1. The molecule has 4 heterocycles. The molecule has 4 rings (SSSR count). The van der Waals surface area contributed by atoms with Gasteiger partial charge in [0.1, 0.15) is 12.4 Å². The molecule has 13 heteroatoms. The molecule has 0 aliphatic rings. The number of nitrogens with zero attached hydrogens (tertiary/aromatic N) is 6. The molecule has 0 bridgehead atoms. The predicted molar refractivity (Wildman–Crippen MR) is 166 cm³/mol. The van der Waals surface area contributed by atoms with Crippen LogP contribution in [0.4, 0.5) is 5.69 Å². The normalized spacial score (nSPS) is 12.0. The van der Waals surface area contributed by atoms with Gasteiger partial charge in [-0.25, -0.2) is 14.5 Å². The fourth-order valence-corrected chi connectivity index (χ4v) is 5.40. The maximum absolute atomic E-state index is 13.0. The molecule has 0 atom stereocenters. The standard InChI is InChI=1S/C30H37N6O6P/c1-7-40-43(38,41-8-2)42-21-36-20-27(22-11-12-32-28(16-22)39-6)26-15-24(18-33-30(26)36)23-14-25(19-31-17-23)35(5)29(37)10-9-13-34(3)4/h9-12,14-20H,7-8,13,21H2,1-6H3. The van der Waals surface area contributed by atoms with Crippen molar-refractivity contribution in [3.05, 3.63) is 67.4 Å². The van der Waals surface area contributed by atoms with E-state index in [0.29, 0.717) is 23.8 Å². The van der Waals surface area contributed by atoms with Crippen LogP contribution in [-0.2, 0) is 29.7 Å². The number of pyridine rings is 3. The highest BCUT2D eigenvalue weighted by molar-refractivity contribution is 7.48. The van der Waals surface area contributed by atoms with Crippen molar-refractivity contribution in [2.45, 2.75) is 20.6 Å². The molecule has 228 valence electrons. The van der Waals surface area contributed by atoms with Crippen LogP contribution in [0.5, 0.6) is 5.88 Å². The van der Waals surface area contributed by atoms with Gasteiger partial charge in [-0.2, -0.15) is 0 Å².